The molecule has 1 atom stereocenters. The summed E-state index contributed by atoms with van der Waals surface area (Å²) in [5.41, 5.74) is 1.64. The van der Waals surface area contributed by atoms with Crippen LogP contribution in [0, 0.1) is 0 Å². The number of benzene rings is 1. The minimum atomic E-state index is -0.404. The molecule has 3 heterocycles. The molecule has 0 radical (unpaired) electrons. The number of aromatic nitrogens is 5. The van der Waals surface area contributed by atoms with Crippen LogP contribution < -0.4 is 11.0 Å². The van der Waals surface area contributed by atoms with E-state index in [1.807, 2.05) is 7.05 Å². The number of H-pyrrole nitrogens is 2. The number of anilines is 1. The summed E-state index contributed by atoms with van der Waals surface area (Å²) in [6.45, 7) is 1.79. The minimum Gasteiger partial charge on any atom is -0.461 e. The number of fused-ring (bicyclic) bond motifs is 1. The van der Waals surface area contributed by atoms with Gasteiger partial charge in [0.05, 0.1) is 22.5 Å². The molecule has 3 aromatic heterocycles. The lowest BCUT2D eigenvalue weighted by Gasteiger charge is -2.11. The highest BCUT2D eigenvalue weighted by Gasteiger charge is 2.20. The van der Waals surface area contributed by atoms with Gasteiger partial charge in [0.25, 0.3) is 0 Å². The van der Waals surface area contributed by atoms with Crippen LogP contribution in [0.4, 0.5) is 5.69 Å². The van der Waals surface area contributed by atoms with Crippen molar-refractivity contribution in [2.45, 2.75) is 17.3 Å². The Bertz CT molecular complexity index is 1160. The van der Waals surface area contributed by atoms with E-state index in [1.165, 1.54) is 11.8 Å². The average Bonchev–Trinajstić information content (AvgIpc) is 3.35. The molecule has 0 saturated carbocycles. The van der Waals surface area contributed by atoms with Gasteiger partial charge >= 0.3 is 5.69 Å². The third-order valence-corrected chi connectivity index (χ3v) is 5.15. The number of nitrogens with one attached hydrogen (secondary N) is 3. The van der Waals surface area contributed by atoms with Gasteiger partial charge in [-0.05, 0) is 37.3 Å². The highest BCUT2D eigenvalue weighted by Crippen LogP contribution is 2.26. The van der Waals surface area contributed by atoms with Gasteiger partial charge in [-0.25, -0.2) is 4.79 Å². The molecule has 1 aromatic carbocycles. The fourth-order valence-corrected chi connectivity index (χ4v) is 3.42. The first-order valence-corrected chi connectivity index (χ1v) is 9.02. The van der Waals surface area contributed by atoms with Gasteiger partial charge in [0.2, 0.25) is 5.91 Å². The molecule has 0 fully saturated rings. The zero-order chi connectivity index (χ0) is 19.0. The van der Waals surface area contributed by atoms with Gasteiger partial charge < -0.3 is 24.3 Å². The van der Waals surface area contributed by atoms with Crippen molar-refractivity contribution in [2.75, 3.05) is 5.32 Å². The van der Waals surface area contributed by atoms with Crippen molar-refractivity contribution in [1.29, 1.82) is 0 Å². The van der Waals surface area contributed by atoms with Crippen LogP contribution in [0.25, 0.3) is 22.6 Å². The zero-order valence-electron chi connectivity index (χ0n) is 14.5. The number of thioether (sulfide) groups is 1. The number of hydrogen-bond donors (Lipinski definition) is 3. The number of furan rings is 1. The van der Waals surface area contributed by atoms with Crippen LogP contribution in [0.3, 0.4) is 0 Å². The summed E-state index contributed by atoms with van der Waals surface area (Å²) in [7, 11) is 1.82. The van der Waals surface area contributed by atoms with Gasteiger partial charge in [-0.3, -0.25) is 4.79 Å². The lowest BCUT2D eigenvalue weighted by atomic mass is 10.2. The van der Waals surface area contributed by atoms with Crippen molar-refractivity contribution in [2.24, 2.45) is 7.05 Å². The summed E-state index contributed by atoms with van der Waals surface area (Å²) in [5, 5.41) is 11.3. The van der Waals surface area contributed by atoms with Gasteiger partial charge in [-0.15, -0.1) is 10.2 Å². The SMILES string of the molecule is CC(Sc1nnc(-c2ccco2)n1C)C(=O)Nc1ccc2[nH]c(=O)[nH]c2c1. The smallest absolute Gasteiger partial charge is 0.323 e. The molecule has 1 amide bonds. The maximum Gasteiger partial charge on any atom is 0.323 e. The van der Waals surface area contributed by atoms with Crippen LogP contribution >= 0.6 is 11.8 Å². The second kappa shape index (κ2) is 6.80. The fraction of sp³-hybridized carbons (Fsp3) is 0.176. The average molecular weight is 384 g/mol. The first-order chi connectivity index (χ1) is 13.0. The van der Waals surface area contributed by atoms with Gasteiger partial charge in [0.1, 0.15) is 0 Å². The standard InChI is InChI=1S/C17H16N6O3S/c1-9(27-17-22-21-14(23(17)2)13-4-3-7-26-13)15(24)18-10-5-6-11-12(8-10)20-16(25)19-11/h3-9H,1-2H3,(H,18,24)(H2,19,20,25). The Labute approximate surface area is 157 Å². The van der Waals surface area contributed by atoms with E-state index in [-0.39, 0.29) is 11.6 Å². The Morgan fingerprint density at radius 1 is 1.26 bits per heavy atom. The fourth-order valence-electron chi connectivity index (χ4n) is 2.60. The second-order valence-electron chi connectivity index (χ2n) is 5.93. The molecule has 1 unspecified atom stereocenters. The second-order valence-corrected chi connectivity index (χ2v) is 7.24. The molecule has 0 spiro atoms. The number of carbonyl (C=O) groups excluding carboxylic acids is 1. The molecule has 0 bridgehead atoms. The number of aromatic amines is 2. The Morgan fingerprint density at radius 3 is 2.85 bits per heavy atom. The summed E-state index contributed by atoms with van der Waals surface area (Å²) in [6, 6.07) is 8.76. The summed E-state index contributed by atoms with van der Waals surface area (Å²) in [6.07, 6.45) is 1.57. The van der Waals surface area contributed by atoms with E-state index < -0.39 is 5.25 Å². The van der Waals surface area contributed by atoms with Crippen LogP contribution in [0.2, 0.25) is 0 Å². The highest BCUT2D eigenvalue weighted by atomic mass is 32.2. The number of nitrogens with zero attached hydrogens (tertiary/aromatic N) is 3. The molecule has 3 N–H and O–H groups in total. The highest BCUT2D eigenvalue weighted by molar-refractivity contribution is 8.00. The molecule has 0 aliphatic heterocycles. The lowest BCUT2D eigenvalue weighted by Crippen LogP contribution is -2.22. The van der Waals surface area contributed by atoms with Gasteiger partial charge in [-0.2, -0.15) is 0 Å². The summed E-state index contributed by atoms with van der Waals surface area (Å²) >= 11 is 1.30. The number of rotatable bonds is 5. The normalized spacial score (nSPS) is 12.4. The van der Waals surface area contributed by atoms with Crippen molar-refractivity contribution < 1.29 is 9.21 Å². The molecular formula is C17H16N6O3S. The first kappa shape index (κ1) is 17.2. The van der Waals surface area contributed by atoms with Crippen molar-refractivity contribution >= 4 is 34.4 Å². The van der Waals surface area contributed by atoms with E-state index >= 15 is 0 Å². The van der Waals surface area contributed by atoms with Gasteiger partial charge in [0.15, 0.2) is 16.7 Å². The number of hydrogen-bond acceptors (Lipinski definition) is 6. The first-order valence-electron chi connectivity index (χ1n) is 8.14. The van der Waals surface area contributed by atoms with Crippen molar-refractivity contribution in [3.8, 4) is 11.6 Å². The minimum absolute atomic E-state index is 0.181. The van der Waals surface area contributed by atoms with Crippen LogP contribution in [0.15, 0.2) is 51.0 Å². The number of imidazole rings is 1. The van der Waals surface area contributed by atoms with Gasteiger partial charge in [0, 0.05) is 12.7 Å². The summed E-state index contributed by atoms with van der Waals surface area (Å²) in [4.78, 5) is 29.2. The third-order valence-electron chi connectivity index (χ3n) is 4.01. The summed E-state index contributed by atoms with van der Waals surface area (Å²) < 4.78 is 7.12. The largest absolute Gasteiger partial charge is 0.461 e. The third kappa shape index (κ3) is 3.38. The zero-order valence-corrected chi connectivity index (χ0v) is 15.3. The summed E-state index contributed by atoms with van der Waals surface area (Å²) in [5.74, 6) is 1.03. The Hall–Kier alpha value is -3.27. The topological polar surface area (TPSA) is 122 Å². The van der Waals surface area contributed by atoms with E-state index in [1.54, 1.807) is 48.1 Å². The predicted octanol–water partition coefficient (Wildman–Crippen LogP) is 2.36. The lowest BCUT2D eigenvalue weighted by molar-refractivity contribution is -0.115. The van der Waals surface area contributed by atoms with Crippen LogP contribution in [-0.2, 0) is 11.8 Å². The molecular weight excluding hydrogens is 368 g/mol. The predicted molar refractivity (Wildman–Crippen MR) is 102 cm³/mol. The maximum atomic E-state index is 12.5. The van der Waals surface area contributed by atoms with Crippen LogP contribution in [0.1, 0.15) is 6.92 Å². The quantitative estimate of drug-likeness (QED) is 0.454. The molecule has 10 heteroatoms. The van der Waals surface area contributed by atoms with E-state index in [9.17, 15) is 9.59 Å². The van der Waals surface area contributed by atoms with E-state index in [0.717, 1.165) is 0 Å². The Kier molecular flexibility index (Phi) is 4.32. The maximum absolute atomic E-state index is 12.5. The molecule has 0 aliphatic carbocycles. The van der Waals surface area contributed by atoms with Crippen LogP contribution in [-0.4, -0.2) is 35.9 Å². The van der Waals surface area contributed by atoms with E-state index in [2.05, 4.69) is 25.5 Å². The van der Waals surface area contributed by atoms with Crippen molar-refractivity contribution in [3.05, 3.63) is 47.1 Å². The monoisotopic (exact) mass is 384 g/mol. The number of carbonyl (C=O) groups is 1. The Balaban J connectivity index is 1.46. The van der Waals surface area contributed by atoms with Crippen molar-refractivity contribution in [1.82, 2.24) is 24.7 Å². The van der Waals surface area contributed by atoms with Crippen molar-refractivity contribution in [3.63, 3.8) is 0 Å². The molecule has 9 nitrogen and oxygen atoms in total. The molecule has 27 heavy (non-hydrogen) atoms. The van der Waals surface area contributed by atoms with Crippen LogP contribution in [0.5, 0.6) is 0 Å². The molecule has 138 valence electrons. The van der Waals surface area contributed by atoms with E-state index in [0.29, 0.717) is 33.5 Å². The Morgan fingerprint density at radius 2 is 2.07 bits per heavy atom. The van der Waals surface area contributed by atoms with Gasteiger partial charge in [-0.1, -0.05) is 11.8 Å². The molecule has 4 rings (SSSR count). The molecule has 4 aromatic rings. The molecule has 0 saturated heterocycles. The number of amides is 1. The van der Waals surface area contributed by atoms with E-state index in [4.69, 9.17) is 4.42 Å². The molecule has 0 aliphatic rings.